The molecule has 0 aliphatic carbocycles. The number of hydrogen-bond acceptors (Lipinski definition) is 5. The lowest BCUT2D eigenvalue weighted by Crippen LogP contribution is -2.45. The largest absolute Gasteiger partial charge is 0.503 e. The van der Waals surface area contributed by atoms with E-state index in [1.54, 1.807) is 6.92 Å². The number of cyclic esters (lactones) is 2. The predicted molar refractivity (Wildman–Crippen MR) is 55.1 cm³/mol. The molecule has 5 nitrogen and oxygen atoms in total. The van der Waals surface area contributed by atoms with E-state index in [0.29, 0.717) is 6.42 Å². The average Bonchev–Trinajstić information content (AvgIpc) is 2.09. The number of carbonyl (C=O) groups is 2. The highest BCUT2D eigenvalue weighted by atomic mass is 16.7. The zero-order chi connectivity index (χ0) is 12.3. The first-order valence-corrected chi connectivity index (χ1v) is 5.07. The van der Waals surface area contributed by atoms with Gasteiger partial charge in [-0.25, -0.2) is 9.59 Å². The fraction of sp³-hybridized carbons (Fsp3) is 0.636. The lowest BCUT2D eigenvalue weighted by molar-refractivity contribution is -0.233. The second-order valence-corrected chi connectivity index (χ2v) is 4.28. The second-order valence-electron chi connectivity index (χ2n) is 4.28. The highest BCUT2D eigenvalue weighted by molar-refractivity contribution is 6.15. The standard InChI is InChI=1S/C11H16O5/c1-7(2)5-11(3)15-9(12)8(6-14-4)10(13)16-11/h6-7H,5H2,1-4H3. The van der Waals surface area contributed by atoms with Gasteiger partial charge in [-0.05, 0) is 5.92 Å². The maximum Gasteiger partial charge on any atom is 0.352 e. The Morgan fingerprint density at radius 1 is 1.31 bits per heavy atom. The summed E-state index contributed by atoms with van der Waals surface area (Å²) in [6, 6.07) is 0. The summed E-state index contributed by atoms with van der Waals surface area (Å²) in [5.74, 6) is -2.34. The first-order chi connectivity index (χ1) is 7.38. The van der Waals surface area contributed by atoms with Gasteiger partial charge >= 0.3 is 11.9 Å². The molecule has 0 amide bonds. The van der Waals surface area contributed by atoms with Gasteiger partial charge < -0.3 is 14.2 Å². The van der Waals surface area contributed by atoms with Gasteiger partial charge in [0.1, 0.15) is 6.26 Å². The Bertz CT molecular complexity index is 309. The number of ether oxygens (including phenoxy) is 3. The Hall–Kier alpha value is -1.52. The molecule has 90 valence electrons. The van der Waals surface area contributed by atoms with Gasteiger partial charge in [-0.15, -0.1) is 0 Å². The van der Waals surface area contributed by atoms with E-state index in [4.69, 9.17) is 9.47 Å². The highest BCUT2D eigenvalue weighted by Gasteiger charge is 2.43. The molecule has 0 aromatic rings. The summed E-state index contributed by atoms with van der Waals surface area (Å²) in [6.07, 6.45) is 1.49. The van der Waals surface area contributed by atoms with E-state index < -0.39 is 17.7 Å². The first-order valence-electron chi connectivity index (χ1n) is 5.07. The summed E-state index contributed by atoms with van der Waals surface area (Å²) >= 11 is 0. The van der Waals surface area contributed by atoms with Crippen LogP contribution in [0.3, 0.4) is 0 Å². The van der Waals surface area contributed by atoms with Crippen molar-refractivity contribution in [3.05, 3.63) is 11.8 Å². The quantitative estimate of drug-likeness (QED) is 0.316. The molecule has 5 heteroatoms. The lowest BCUT2D eigenvalue weighted by Gasteiger charge is -2.34. The number of rotatable bonds is 3. The fourth-order valence-corrected chi connectivity index (χ4v) is 1.65. The minimum Gasteiger partial charge on any atom is -0.503 e. The molecule has 0 unspecified atom stereocenters. The van der Waals surface area contributed by atoms with Crippen LogP contribution in [0.15, 0.2) is 11.8 Å². The fourth-order valence-electron chi connectivity index (χ4n) is 1.65. The van der Waals surface area contributed by atoms with Crippen molar-refractivity contribution in [2.24, 2.45) is 5.92 Å². The van der Waals surface area contributed by atoms with Crippen LogP contribution in [0.25, 0.3) is 0 Å². The molecule has 0 saturated carbocycles. The molecule has 0 aromatic carbocycles. The number of hydrogen-bond donors (Lipinski definition) is 0. The predicted octanol–water partition coefficient (Wildman–Crippen LogP) is 1.38. The molecule has 0 aromatic heterocycles. The minimum absolute atomic E-state index is 0.219. The smallest absolute Gasteiger partial charge is 0.352 e. The number of methoxy groups -OCH3 is 1. The van der Waals surface area contributed by atoms with E-state index in [-0.39, 0.29) is 11.5 Å². The molecular formula is C11H16O5. The van der Waals surface area contributed by atoms with Crippen molar-refractivity contribution >= 4 is 11.9 Å². The summed E-state index contributed by atoms with van der Waals surface area (Å²) in [7, 11) is 1.34. The molecule has 16 heavy (non-hydrogen) atoms. The van der Waals surface area contributed by atoms with E-state index in [9.17, 15) is 9.59 Å². The van der Waals surface area contributed by atoms with Crippen LogP contribution in [0, 0.1) is 5.92 Å². The Morgan fingerprint density at radius 2 is 1.81 bits per heavy atom. The van der Waals surface area contributed by atoms with Crippen LogP contribution >= 0.6 is 0 Å². The molecule has 0 spiro atoms. The Balaban J connectivity index is 2.84. The number of esters is 2. The summed E-state index contributed by atoms with van der Waals surface area (Å²) in [4.78, 5) is 23.0. The van der Waals surface area contributed by atoms with Gasteiger partial charge in [0.25, 0.3) is 5.79 Å². The van der Waals surface area contributed by atoms with Gasteiger partial charge in [0.2, 0.25) is 0 Å². The van der Waals surface area contributed by atoms with Crippen molar-refractivity contribution in [3.8, 4) is 0 Å². The maximum atomic E-state index is 11.5. The lowest BCUT2D eigenvalue weighted by atomic mass is 10.0. The normalized spacial score (nSPS) is 25.2. The second kappa shape index (κ2) is 4.55. The van der Waals surface area contributed by atoms with E-state index in [1.165, 1.54) is 7.11 Å². The molecule has 1 rings (SSSR count). The van der Waals surface area contributed by atoms with Crippen molar-refractivity contribution in [2.75, 3.05) is 7.11 Å². The molecule has 1 aliphatic rings. The van der Waals surface area contributed by atoms with Crippen LogP contribution in [0.2, 0.25) is 0 Å². The minimum atomic E-state index is -1.17. The molecule has 0 radical (unpaired) electrons. The molecule has 0 bridgehead atoms. The Morgan fingerprint density at radius 3 is 2.19 bits per heavy atom. The van der Waals surface area contributed by atoms with Crippen LogP contribution in [0.4, 0.5) is 0 Å². The van der Waals surface area contributed by atoms with Gasteiger partial charge in [-0.3, -0.25) is 0 Å². The molecule has 0 N–H and O–H groups in total. The zero-order valence-corrected chi connectivity index (χ0v) is 9.90. The van der Waals surface area contributed by atoms with E-state index in [0.717, 1.165) is 6.26 Å². The SMILES string of the molecule is COC=C1C(=O)OC(C)(CC(C)C)OC1=O. The third-order valence-corrected chi connectivity index (χ3v) is 2.07. The Kier molecular flexibility index (Phi) is 3.57. The van der Waals surface area contributed by atoms with Crippen molar-refractivity contribution in [2.45, 2.75) is 33.0 Å². The van der Waals surface area contributed by atoms with Crippen molar-refractivity contribution in [3.63, 3.8) is 0 Å². The van der Waals surface area contributed by atoms with E-state index in [1.807, 2.05) is 13.8 Å². The van der Waals surface area contributed by atoms with Crippen molar-refractivity contribution in [1.82, 2.24) is 0 Å². The van der Waals surface area contributed by atoms with E-state index >= 15 is 0 Å². The summed E-state index contributed by atoms with van der Waals surface area (Å²) in [6.45, 7) is 5.48. The van der Waals surface area contributed by atoms with Crippen molar-refractivity contribution in [1.29, 1.82) is 0 Å². The molecule has 0 atom stereocenters. The van der Waals surface area contributed by atoms with Gasteiger partial charge in [0.05, 0.1) is 7.11 Å². The molecule has 1 fully saturated rings. The highest BCUT2D eigenvalue weighted by Crippen LogP contribution is 2.29. The summed E-state index contributed by atoms with van der Waals surface area (Å²) in [5.41, 5.74) is -0.219. The summed E-state index contributed by atoms with van der Waals surface area (Å²) < 4.78 is 14.8. The zero-order valence-electron chi connectivity index (χ0n) is 9.90. The monoisotopic (exact) mass is 228 g/mol. The molecule has 1 heterocycles. The van der Waals surface area contributed by atoms with Crippen LogP contribution in [-0.2, 0) is 23.8 Å². The molecule has 1 saturated heterocycles. The maximum absolute atomic E-state index is 11.5. The topological polar surface area (TPSA) is 61.8 Å². The number of carbonyl (C=O) groups excluding carboxylic acids is 2. The average molecular weight is 228 g/mol. The van der Waals surface area contributed by atoms with Crippen LogP contribution in [0.5, 0.6) is 0 Å². The van der Waals surface area contributed by atoms with Gasteiger partial charge in [-0.1, -0.05) is 13.8 Å². The van der Waals surface area contributed by atoms with Crippen LogP contribution in [-0.4, -0.2) is 24.8 Å². The molecule has 1 aliphatic heterocycles. The van der Waals surface area contributed by atoms with Gasteiger partial charge in [0, 0.05) is 13.3 Å². The van der Waals surface area contributed by atoms with Crippen LogP contribution < -0.4 is 0 Å². The third kappa shape index (κ3) is 2.74. The van der Waals surface area contributed by atoms with E-state index in [2.05, 4.69) is 4.74 Å². The molecular weight excluding hydrogens is 212 g/mol. The first kappa shape index (κ1) is 12.5. The van der Waals surface area contributed by atoms with Crippen molar-refractivity contribution < 1.29 is 23.8 Å². The Labute approximate surface area is 94.4 Å². The van der Waals surface area contributed by atoms with Gasteiger partial charge in [-0.2, -0.15) is 0 Å². The van der Waals surface area contributed by atoms with Crippen LogP contribution in [0.1, 0.15) is 27.2 Å². The van der Waals surface area contributed by atoms with Gasteiger partial charge in [0.15, 0.2) is 5.57 Å². The summed E-state index contributed by atoms with van der Waals surface area (Å²) in [5, 5.41) is 0. The third-order valence-electron chi connectivity index (χ3n) is 2.07.